The van der Waals surface area contributed by atoms with Crippen LogP contribution in [0.1, 0.15) is 37.2 Å². The van der Waals surface area contributed by atoms with Crippen molar-refractivity contribution in [2.45, 2.75) is 37.6 Å². The normalized spacial score (nSPS) is 23.7. The maximum Gasteiger partial charge on any atom is 0.317 e. The van der Waals surface area contributed by atoms with Gasteiger partial charge in [0.1, 0.15) is 5.82 Å². The van der Waals surface area contributed by atoms with Crippen molar-refractivity contribution < 1.29 is 13.9 Å². The zero-order chi connectivity index (χ0) is 16.9. The van der Waals surface area contributed by atoms with Crippen molar-refractivity contribution in [3.8, 4) is 0 Å². The molecular weight excluding hydrogens is 307 g/mol. The molecule has 1 N–H and O–H groups in total. The van der Waals surface area contributed by atoms with Crippen molar-refractivity contribution in [3.63, 3.8) is 0 Å². The minimum absolute atomic E-state index is 0.0688. The highest BCUT2D eigenvalue weighted by Crippen LogP contribution is 2.35. The maximum absolute atomic E-state index is 13.9. The summed E-state index contributed by atoms with van der Waals surface area (Å²) in [5, 5.41) is 3.08. The number of carbonyl (C=O) groups excluding carboxylic acids is 1. The third-order valence-electron chi connectivity index (χ3n) is 4.87. The smallest absolute Gasteiger partial charge is 0.317 e. The summed E-state index contributed by atoms with van der Waals surface area (Å²) in [7, 11) is 1.80. The third-order valence-corrected chi connectivity index (χ3v) is 4.87. The standard InChI is InChI=1S/C19H25FN2O2/c1-22(12-14-5-4-10-24-13-14)19(23)21-16-9-8-15(11-16)17-6-2-3-7-18(17)20/h2-3,5-7,15-16H,4,8-13H2,1H3,(H,21,23). The first-order chi connectivity index (χ1) is 11.6. The van der Waals surface area contributed by atoms with Gasteiger partial charge in [-0.2, -0.15) is 0 Å². The van der Waals surface area contributed by atoms with Gasteiger partial charge >= 0.3 is 6.03 Å². The topological polar surface area (TPSA) is 41.6 Å². The Labute approximate surface area is 142 Å². The number of benzene rings is 1. The molecule has 2 aliphatic rings. The molecule has 1 fully saturated rings. The van der Waals surface area contributed by atoms with Crippen molar-refractivity contribution in [3.05, 3.63) is 47.3 Å². The van der Waals surface area contributed by atoms with Crippen LogP contribution < -0.4 is 5.32 Å². The molecule has 0 spiro atoms. The Kier molecular flexibility index (Phi) is 5.51. The molecule has 130 valence electrons. The molecule has 1 saturated carbocycles. The van der Waals surface area contributed by atoms with Gasteiger partial charge in [0.25, 0.3) is 0 Å². The summed E-state index contributed by atoms with van der Waals surface area (Å²) in [5.74, 6) is 0.0482. The lowest BCUT2D eigenvalue weighted by molar-refractivity contribution is 0.144. The molecule has 0 radical (unpaired) electrons. The predicted octanol–water partition coefficient (Wildman–Crippen LogP) is 3.45. The minimum atomic E-state index is -0.143. The summed E-state index contributed by atoms with van der Waals surface area (Å²) in [4.78, 5) is 14.0. The lowest BCUT2D eigenvalue weighted by Crippen LogP contribution is -2.43. The molecule has 2 amide bonds. The van der Waals surface area contributed by atoms with Crippen molar-refractivity contribution in [1.82, 2.24) is 10.2 Å². The first kappa shape index (κ1) is 17.0. The van der Waals surface area contributed by atoms with E-state index in [0.29, 0.717) is 13.2 Å². The van der Waals surface area contributed by atoms with Gasteiger partial charge in [0.15, 0.2) is 0 Å². The lowest BCUT2D eigenvalue weighted by atomic mass is 9.97. The molecule has 24 heavy (non-hydrogen) atoms. The molecule has 5 heteroatoms. The van der Waals surface area contributed by atoms with E-state index in [0.717, 1.165) is 43.4 Å². The molecule has 1 aromatic carbocycles. The second-order valence-electron chi connectivity index (χ2n) is 6.74. The fourth-order valence-corrected chi connectivity index (χ4v) is 3.58. The van der Waals surface area contributed by atoms with Crippen LogP contribution in [0.25, 0.3) is 0 Å². The number of hydrogen-bond donors (Lipinski definition) is 1. The minimum Gasteiger partial charge on any atom is -0.377 e. The molecule has 1 heterocycles. The molecular formula is C19H25FN2O2. The molecule has 0 bridgehead atoms. The quantitative estimate of drug-likeness (QED) is 0.858. The largest absolute Gasteiger partial charge is 0.377 e. The Morgan fingerprint density at radius 3 is 2.96 bits per heavy atom. The van der Waals surface area contributed by atoms with E-state index >= 15 is 0 Å². The van der Waals surface area contributed by atoms with Crippen LogP contribution in [0.3, 0.4) is 0 Å². The van der Waals surface area contributed by atoms with E-state index in [1.54, 1.807) is 18.0 Å². The molecule has 0 aromatic heterocycles. The lowest BCUT2D eigenvalue weighted by Gasteiger charge is -2.24. The third kappa shape index (κ3) is 4.15. The highest BCUT2D eigenvalue weighted by molar-refractivity contribution is 5.74. The van der Waals surface area contributed by atoms with E-state index < -0.39 is 0 Å². The Bertz CT molecular complexity index is 617. The van der Waals surface area contributed by atoms with Crippen LogP contribution in [0.5, 0.6) is 0 Å². The zero-order valence-corrected chi connectivity index (χ0v) is 14.1. The zero-order valence-electron chi connectivity index (χ0n) is 14.1. The van der Waals surface area contributed by atoms with E-state index in [1.807, 2.05) is 12.1 Å². The van der Waals surface area contributed by atoms with Gasteiger partial charge in [-0.05, 0) is 48.8 Å². The van der Waals surface area contributed by atoms with E-state index in [9.17, 15) is 9.18 Å². The molecule has 1 aliphatic heterocycles. The van der Waals surface area contributed by atoms with Crippen LogP contribution >= 0.6 is 0 Å². The van der Waals surface area contributed by atoms with E-state index in [-0.39, 0.29) is 23.8 Å². The van der Waals surface area contributed by atoms with Crippen LogP contribution in [0.4, 0.5) is 9.18 Å². The predicted molar refractivity (Wildman–Crippen MR) is 91.5 cm³/mol. The van der Waals surface area contributed by atoms with Gasteiger partial charge in [-0.15, -0.1) is 0 Å². The number of rotatable bonds is 4. The van der Waals surface area contributed by atoms with Gasteiger partial charge in [-0.1, -0.05) is 24.3 Å². The molecule has 1 aromatic rings. The molecule has 2 atom stereocenters. The van der Waals surface area contributed by atoms with Crippen LogP contribution in [0, 0.1) is 5.82 Å². The molecule has 4 nitrogen and oxygen atoms in total. The average Bonchev–Trinajstić information content (AvgIpc) is 3.04. The highest BCUT2D eigenvalue weighted by Gasteiger charge is 2.29. The first-order valence-corrected chi connectivity index (χ1v) is 8.65. The number of urea groups is 1. The number of nitrogens with one attached hydrogen (secondary N) is 1. The molecule has 0 saturated heterocycles. The fraction of sp³-hybridized carbons (Fsp3) is 0.526. The SMILES string of the molecule is CN(CC1=CCCOC1)C(=O)NC1CCC(c2ccccc2F)C1. The van der Waals surface area contributed by atoms with Crippen LogP contribution in [0.2, 0.25) is 0 Å². The molecule has 2 unspecified atom stereocenters. The summed E-state index contributed by atoms with van der Waals surface area (Å²) in [6.45, 7) is 1.96. The van der Waals surface area contributed by atoms with E-state index in [2.05, 4.69) is 11.4 Å². The van der Waals surface area contributed by atoms with Crippen molar-refractivity contribution in [2.24, 2.45) is 0 Å². The second kappa shape index (κ2) is 7.79. The van der Waals surface area contributed by atoms with Crippen LogP contribution in [-0.4, -0.2) is 43.8 Å². The Morgan fingerprint density at radius 1 is 1.38 bits per heavy atom. The van der Waals surface area contributed by atoms with E-state index in [4.69, 9.17) is 4.74 Å². The number of hydrogen-bond acceptors (Lipinski definition) is 2. The monoisotopic (exact) mass is 332 g/mol. The van der Waals surface area contributed by atoms with Crippen molar-refractivity contribution >= 4 is 6.03 Å². The van der Waals surface area contributed by atoms with Gasteiger partial charge in [-0.3, -0.25) is 0 Å². The second-order valence-corrected chi connectivity index (χ2v) is 6.74. The summed E-state index contributed by atoms with van der Waals surface area (Å²) >= 11 is 0. The summed E-state index contributed by atoms with van der Waals surface area (Å²) in [5.41, 5.74) is 1.92. The average molecular weight is 332 g/mol. The van der Waals surface area contributed by atoms with Crippen LogP contribution in [-0.2, 0) is 4.74 Å². The number of ether oxygens (including phenoxy) is 1. The first-order valence-electron chi connectivity index (χ1n) is 8.65. The summed E-state index contributed by atoms with van der Waals surface area (Å²) in [6.07, 6.45) is 5.67. The van der Waals surface area contributed by atoms with Gasteiger partial charge in [0.05, 0.1) is 13.2 Å². The maximum atomic E-state index is 13.9. The number of halogens is 1. The van der Waals surface area contributed by atoms with E-state index in [1.165, 1.54) is 6.07 Å². The Balaban J connectivity index is 1.50. The van der Waals surface area contributed by atoms with Gasteiger partial charge in [-0.25, -0.2) is 9.18 Å². The van der Waals surface area contributed by atoms with Crippen molar-refractivity contribution in [1.29, 1.82) is 0 Å². The number of carbonyl (C=O) groups is 1. The molecule has 3 rings (SSSR count). The number of likely N-dealkylation sites (N-methyl/N-ethyl adjacent to an activating group) is 1. The number of nitrogens with zero attached hydrogens (tertiary/aromatic N) is 1. The summed E-state index contributed by atoms with van der Waals surface area (Å²) in [6, 6.07) is 6.99. The fourth-order valence-electron chi connectivity index (χ4n) is 3.58. The Hall–Kier alpha value is -1.88. The van der Waals surface area contributed by atoms with Crippen LogP contribution in [0.15, 0.2) is 35.9 Å². The summed E-state index contributed by atoms with van der Waals surface area (Å²) < 4.78 is 19.3. The highest BCUT2D eigenvalue weighted by atomic mass is 19.1. The number of amides is 2. The van der Waals surface area contributed by atoms with Crippen molar-refractivity contribution in [2.75, 3.05) is 26.8 Å². The van der Waals surface area contributed by atoms with Gasteiger partial charge < -0.3 is 15.0 Å². The Morgan fingerprint density at radius 2 is 2.21 bits per heavy atom. The van der Waals surface area contributed by atoms with Gasteiger partial charge in [0.2, 0.25) is 0 Å². The molecule has 1 aliphatic carbocycles. The van der Waals surface area contributed by atoms with Gasteiger partial charge in [0, 0.05) is 19.6 Å².